The molecule has 0 radical (unpaired) electrons. The number of carbonyl (C=O) groups is 1. The minimum atomic E-state index is 0.0830. The van der Waals surface area contributed by atoms with E-state index in [4.69, 9.17) is 0 Å². The Labute approximate surface area is 146 Å². The first-order chi connectivity index (χ1) is 10.9. The third-order valence-corrected chi connectivity index (χ3v) is 6.09. The highest BCUT2D eigenvalue weighted by Gasteiger charge is 2.64. The van der Waals surface area contributed by atoms with Gasteiger partial charge in [0.05, 0.1) is 11.9 Å². The van der Waals surface area contributed by atoms with E-state index < -0.39 is 0 Å². The molecule has 0 aromatic heterocycles. The number of halogens is 1. The molecule has 1 N–H and O–H groups in total. The lowest BCUT2D eigenvalue weighted by molar-refractivity contribution is -0.123. The molecule has 0 saturated heterocycles. The maximum absolute atomic E-state index is 12.3. The summed E-state index contributed by atoms with van der Waals surface area (Å²) >= 11 is 3.56. The highest BCUT2D eigenvalue weighted by atomic mass is 79.9. The molecular weight excluding hydrogens is 354 g/mol. The van der Waals surface area contributed by atoms with Crippen LogP contribution in [0.15, 0.2) is 27.8 Å². The zero-order chi connectivity index (χ0) is 16.6. The number of hydrogen-bond acceptors (Lipinski definition) is 3. The molecule has 2 saturated carbocycles. The SMILES string of the molecule is CN(C)c1ccc(/C=N\NC(=O)[C@H]2[C@H]3CCCC[C@]32C)cc1Br. The van der Waals surface area contributed by atoms with Crippen molar-refractivity contribution in [1.82, 2.24) is 5.43 Å². The van der Waals surface area contributed by atoms with E-state index in [9.17, 15) is 4.79 Å². The summed E-state index contributed by atoms with van der Waals surface area (Å²) in [5, 5.41) is 4.15. The van der Waals surface area contributed by atoms with Crippen LogP contribution in [0, 0.1) is 17.3 Å². The topological polar surface area (TPSA) is 44.7 Å². The molecule has 0 spiro atoms. The Bertz CT molecular complexity index is 643. The van der Waals surface area contributed by atoms with Crippen LogP contribution in [0.25, 0.3) is 0 Å². The third kappa shape index (κ3) is 3.16. The van der Waals surface area contributed by atoms with Gasteiger partial charge in [-0.2, -0.15) is 5.10 Å². The fourth-order valence-electron chi connectivity index (χ4n) is 4.06. The first-order valence-electron chi connectivity index (χ1n) is 8.23. The smallest absolute Gasteiger partial charge is 0.244 e. The number of fused-ring (bicyclic) bond motifs is 1. The predicted molar refractivity (Wildman–Crippen MR) is 97.8 cm³/mol. The molecule has 5 heteroatoms. The summed E-state index contributed by atoms with van der Waals surface area (Å²) in [7, 11) is 4.01. The number of rotatable bonds is 4. The molecular formula is C18H24BrN3O. The van der Waals surface area contributed by atoms with Gasteiger partial charge in [-0.05, 0) is 57.8 Å². The van der Waals surface area contributed by atoms with Crippen LogP contribution in [0.5, 0.6) is 0 Å². The average Bonchev–Trinajstić information content (AvgIpc) is 3.12. The minimum absolute atomic E-state index is 0.0830. The second-order valence-electron chi connectivity index (χ2n) is 7.18. The number of nitrogens with one attached hydrogen (secondary N) is 1. The fourth-order valence-corrected chi connectivity index (χ4v) is 4.81. The largest absolute Gasteiger partial charge is 0.377 e. The van der Waals surface area contributed by atoms with Gasteiger partial charge in [0.2, 0.25) is 5.91 Å². The molecule has 0 aliphatic heterocycles. The molecule has 23 heavy (non-hydrogen) atoms. The number of nitrogens with zero attached hydrogens (tertiary/aromatic N) is 2. The maximum atomic E-state index is 12.3. The van der Waals surface area contributed by atoms with Crippen molar-refractivity contribution in [2.75, 3.05) is 19.0 Å². The van der Waals surface area contributed by atoms with Gasteiger partial charge in [0.1, 0.15) is 0 Å². The van der Waals surface area contributed by atoms with Gasteiger partial charge in [-0.3, -0.25) is 4.79 Å². The Hall–Kier alpha value is -1.36. The molecule has 3 atom stereocenters. The molecule has 124 valence electrons. The molecule has 1 amide bonds. The van der Waals surface area contributed by atoms with Crippen LogP contribution in [0.1, 0.15) is 38.2 Å². The molecule has 1 aromatic carbocycles. The Balaban J connectivity index is 1.59. The summed E-state index contributed by atoms with van der Waals surface area (Å²) in [6, 6.07) is 6.03. The summed E-state index contributed by atoms with van der Waals surface area (Å²) in [6.07, 6.45) is 6.60. The van der Waals surface area contributed by atoms with Crippen molar-refractivity contribution in [3.63, 3.8) is 0 Å². The average molecular weight is 378 g/mol. The van der Waals surface area contributed by atoms with E-state index in [1.165, 1.54) is 25.7 Å². The second kappa shape index (κ2) is 6.27. The van der Waals surface area contributed by atoms with Crippen LogP contribution < -0.4 is 10.3 Å². The van der Waals surface area contributed by atoms with Gasteiger partial charge in [-0.1, -0.05) is 25.8 Å². The molecule has 3 rings (SSSR count). The summed E-state index contributed by atoms with van der Waals surface area (Å²) in [6.45, 7) is 2.25. The maximum Gasteiger partial charge on any atom is 0.244 e. The Kier molecular flexibility index (Phi) is 4.50. The van der Waals surface area contributed by atoms with E-state index in [0.717, 1.165) is 15.7 Å². The molecule has 1 aromatic rings. The quantitative estimate of drug-likeness (QED) is 0.640. The third-order valence-electron chi connectivity index (χ3n) is 5.46. The van der Waals surface area contributed by atoms with E-state index in [2.05, 4.69) is 33.4 Å². The van der Waals surface area contributed by atoms with Crippen molar-refractivity contribution in [3.8, 4) is 0 Å². The molecule has 2 aliphatic carbocycles. The minimum Gasteiger partial charge on any atom is -0.377 e. The number of amides is 1. The monoisotopic (exact) mass is 377 g/mol. The zero-order valence-corrected chi connectivity index (χ0v) is 15.6. The first-order valence-corrected chi connectivity index (χ1v) is 9.02. The standard InChI is InChI=1S/C18H24BrN3O/c1-18-9-5-4-6-13(18)16(18)17(23)21-20-11-12-7-8-15(22(2)3)14(19)10-12/h7-8,10-11,13,16H,4-6,9H2,1-3H3,(H,21,23)/b20-11-/t13-,16-,18-/m1/s1. The number of benzene rings is 1. The van der Waals surface area contributed by atoms with Crippen molar-refractivity contribution in [2.45, 2.75) is 32.6 Å². The number of hydrazone groups is 1. The van der Waals surface area contributed by atoms with E-state index >= 15 is 0 Å². The molecule has 4 nitrogen and oxygen atoms in total. The summed E-state index contributed by atoms with van der Waals surface area (Å²) in [5.74, 6) is 0.810. The van der Waals surface area contributed by atoms with Crippen molar-refractivity contribution in [2.24, 2.45) is 22.4 Å². The summed E-state index contributed by atoms with van der Waals surface area (Å²) in [5.41, 5.74) is 5.04. The molecule has 0 unspecified atom stereocenters. The number of carbonyl (C=O) groups excluding carboxylic acids is 1. The van der Waals surface area contributed by atoms with Crippen molar-refractivity contribution in [1.29, 1.82) is 0 Å². The van der Waals surface area contributed by atoms with Crippen LogP contribution in [0.3, 0.4) is 0 Å². The van der Waals surface area contributed by atoms with E-state index in [1.54, 1.807) is 6.21 Å². The van der Waals surface area contributed by atoms with E-state index in [-0.39, 0.29) is 17.2 Å². The number of hydrogen-bond donors (Lipinski definition) is 1. The van der Waals surface area contributed by atoms with Crippen molar-refractivity contribution >= 4 is 33.7 Å². The molecule has 0 bridgehead atoms. The lowest BCUT2D eigenvalue weighted by Crippen LogP contribution is -2.22. The lowest BCUT2D eigenvalue weighted by atomic mass is 9.90. The van der Waals surface area contributed by atoms with Gasteiger partial charge in [0.15, 0.2) is 0 Å². The Morgan fingerprint density at radius 3 is 2.83 bits per heavy atom. The molecule has 0 heterocycles. The zero-order valence-electron chi connectivity index (χ0n) is 14.0. The van der Waals surface area contributed by atoms with Crippen LogP contribution in [-0.4, -0.2) is 26.2 Å². The van der Waals surface area contributed by atoms with Gasteiger partial charge in [-0.25, -0.2) is 5.43 Å². The van der Waals surface area contributed by atoms with Crippen LogP contribution >= 0.6 is 15.9 Å². The molecule has 2 aliphatic rings. The highest BCUT2D eigenvalue weighted by Crippen LogP contribution is 2.66. The first kappa shape index (κ1) is 16.5. The van der Waals surface area contributed by atoms with Crippen molar-refractivity contribution in [3.05, 3.63) is 28.2 Å². The summed E-state index contributed by atoms with van der Waals surface area (Å²) in [4.78, 5) is 14.4. The highest BCUT2D eigenvalue weighted by molar-refractivity contribution is 9.10. The lowest BCUT2D eigenvalue weighted by Gasteiger charge is -2.15. The Morgan fingerprint density at radius 1 is 1.43 bits per heavy atom. The van der Waals surface area contributed by atoms with Gasteiger partial charge >= 0.3 is 0 Å². The number of anilines is 1. The van der Waals surface area contributed by atoms with Crippen LogP contribution in [-0.2, 0) is 4.79 Å². The van der Waals surface area contributed by atoms with E-state index in [0.29, 0.717) is 5.92 Å². The molecule has 2 fully saturated rings. The van der Waals surface area contributed by atoms with Crippen molar-refractivity contribution < 1.29 is 4.79 Å². The van der Waals surface area contributed by atoms with E-state index in [1.807, 2.05) is 37.2 Å². The van der Waals surface area contributed by atoms with Gasteiger partial charge in [0, 0.05) is 24.5 Å². The predicted octanol–water partition coefficient (Wildman–Crippen LogP) is 3.79. The Morgan fingerprint density at radius 2 is 2.22 bits per heavy atom. The summed E-state index contributed by atoms with van der Waals surface area (Å²) < 4.78 is 1.01. The van der Waals surface area contributed by atoms with Gasteiger partial charge in [0.25, 0.3) is 0 Å². The van der Waals surface area contributed by atoms with Gasteiger partial charge in [-0.15, -0.1) is 0 Å². The fraction of sp³-hybridized carbons (Fsp3) is 0.556. The normalized spacial score (nSPS) is 29.2. The van der Waals surface area contributed by atoms with Gasteiger partial charge < -0.3 is 4.90 Å². The van der Waals surface area contributed by atoms with Crippen LogP contribution in [0.4, 0.5) is 5.69 Å². The second-order valence-corrected chi connectivity index (χ2v) is 8.03. The van der Waals surface area contributed by atoms with Crippen LogP contribution in [0.2, 0.25) is 0 Å².